The monoisotopic (exact) mass is 316 g/mol. The Hall–Kier alpha value is -1.67. The molecule has 0 heterocycles. The Bertz CT molecular complexity index is 576. The van der Waals surface area contributed by atoms with E-state index in [0.717, 1.165) is 11.1 Å². The van der Waals surface area contributed by atoms with Gasteiger partial charge in [0.1, 0.15) is 0 Å². The zero-order valence-corrected chi connectivity index (χ0v) is 13.6. The van der Waals surface area contributed by atoms with Crippen LogP contribution < -0.4 is 0 Å². The van der Waals surface area contributed by atoms with Crippen molar-refractivity contribution in [1.82, 2.24) is 0 Å². The molecule has 0 amide bonds. The van der Waals surface area contributed by atoms with Crippen LogP contribution in [0.5, 0.6) is 0 Å². The molecular formula is C18H21O3P. The maximum absolute atomic E-state index is 12.8. The summed E-state index contributed by atoms with van der Waals surface area (Å²) in [6.07, 6.45) is 3.95. The van der Waals surface area contributed by atoms with Crippen LogP contribution in [0, 0.1) is 0 Å². The van der Waals surface area contributed by atoms with Crippen LogP contribution in [0.1, 0.15) is 18.1 Å². The summed E-state index contributed by atoms with van der Waals surface area (Å²) in [6, 6.07) is 19.4. The van der Waals surface area contributed by atoms with Crippen molar-refractivity contribution in [3.8, 4) is 0 Å². The second kappa shape index (κ2) is 8.70. The number of allylic oxidation sites excluding steroid dienone is 2. The highest BCUT2D eigenvalue weighted by Gasteiger charge is 2.23. The molecule has 0 aromatic heterocycles. The van der Waals surface area contributed by atoms with Crippen LogP contribution in [-0.2, 0) is 26.8 Å². The molecule has 2 aromatic rings. The molecule has 0 unspecified atom stereocenters. The average molecular weight is 316 g/mol. The van der Waals surface area contributed by atoms with Crippen molar-refractivity contribution >= 4 is 7.60 Å². The lowest BCUT2D eigenvalue weighted by Crippen LogP contribution is -2.00. The van der Waals surface area contributed by atoms with Crippen LogP contribution in [0.25, 0.3) is 0 Å². The fourth-order valence-corrected chi connectivity index (χ4v) is 3.32. The number of hydrogen-bond donors (Lipinski definition) is 0. The van der Waals surface area contributed by atoms with Gasteiger partial charge in [0.05, 0.1) is 19.4 Å². The van der Waals surface area contributed by atoms with E-state index < -0.39 is 7.60 Å². The summed E-state index contributed by atoms with van der Waals surface area (Å²) in [5, 5.41) is 0. The van der Waals surface area contributed by atoms with E-state index >= 15 is 0 Å². The van der Waals surface area contributed by atoms with Crippen molar-refractivity contribution in [3.05, 3.63) is 83.9 Å². The van der Waals surface area contributed by atoms with Crippen LogP contribution in [0.15, 0.2) is 72.8 Å². The molecule has 2 rings (SSSR count). The second-order valence-electron chi connectivity index (χ2n) is 4.88. The SMILES string of the molecule is C/C=C/CP(=O)(OCc1ccccc1)OCc1ccccc1. The summed E-state index contributed by atoms with van der Waals surface area (Å²) >= 11 is 0. The fourth-order valence-electron chi connectivity index (χ4n) is 1.87. The summed E-state index contributed by atoms with van der Waals surface area (Å²) in [5.41, 5.74) is 1.96. The highest BCUT2D eigenvalue weighted by molar-refractivity contribution is 7.54. The van der Waals surface area contributed by atoms with Gasteiger partial charge in [-0.1, -0.05) is 72.8 Å². The summed E-state index contributed by atoms with van der Waals surface area (Å²) in [6.45, 7) is 2.45. The molecule has 0 aliphatic carbocycles. The Kier molecular flexibility index (Phi) is 6.60. The van der Waals surface area contributed by atoms with Crippen molar-refractivity contribution in [2.45, 2.75) is 20.1 Å². The van der Waals surface area contributed by atoms with Gasteiger partial charge in [0, 0.05) is 0 Å². The molecule has 22 heavy (non-hydrogen) atoms. The quantitative estimate of drug-likeness (QED) is 0.496. The van der Waals surface area contributed by atoms with Gasteiger partial charge in [-0.05, 0) is 18.1 Å². The molecule has 0 aliphatic heterocycles. The molecule has 2 aromatic carbocycles. The zero-order chi connectivity index (χ0) is 15.7. The predicted molar refractivity (Wildman–Crippen MR) is 89.7 cm³/mol. The smallest absolute Gasteiger partial charge is 0.304 e. The van der Waals surface area contributed by atoms with Crippen molar-refractivity contribution in [3.63, 3.8) is 0 Å². The van der Waals surface area contributed by atoms with E-state index in [0.29, 0.717) is 0 Å². The molecule has 3 nitrogen and oxygen atoms in total. The lowest BCUT2D eigenvalue weighted by molar-refractivity contribution is 0.193. The van der Waals surface area contributed by atoms with Gasteiger partial charge < -0.3 is 9.05 Å². The maximum Gasteiger partial charge on any atom is 0.335 e. The molecular weight excluding hydrogens is 295 g/mol. The first-order valence-corrected chi connectivity index (χ1v) is 9.02. The molecule has 0 atom stereocenters. The minimum Gasteiger partial charge on any atom is -0.304 e. The Morgan fingerprint density at radius 3 is 1.73 bits per heavy atom. The van der Waals surface area contributed by atoms with E-state index in [2.05, 4.69) is 0 Å². The van der Waals surface area contributed by atoms with Gasteiger partial charge in [-0.2, -0.15) is 0 Å². The molecule has 0 saturated carbocycles. The Labute approximate surface area is 132 Å². The van der Waals surface area contributed by atoms with Gasteiger partial charge in [-0.25, -0.2) is 0 Å². The molecule has 0 N–H and O–H groups in total. The average Bonchev–Trinajstić information content (AvgIpc) is 2.59. The summed E-state index contributed by atoms with van der Waals surface area (Å²) in [4.78, 5) is 0. The van der Waals surface area contributed by atoms with Crippen molar-refractivity contribution in [2.24, 2.45) is 0 Å². The Morgan fingerprint density at radius 2 is 1.32 bits per heavy atom. The van der Waals surface area contributed by atoms with E-state index in [9.17, 15) is 4.57 Å². The standard InChI is InChI=1S/C18H21O3P/c1-2-3-14-22(19,20-15-17-10-6-4-7-11-17)21-16-18-12-8-5-9-13-18/h2-13H,14-16H2,1H3/b3-2+. The highest BCUT2D eigenvalue weighted by Crippen LogP contribution is 2.49. The van der Waals surface area contributed by atoms with Crippen molar-refractivity contribution in [1.29, 1.82) is 0 Å². The van der Waals surface area contributed by atoms with E-state index in [1.807, 2.05) is 79.7 Å². The van der Waals surface area contributed by atoms with Crippen LogP contribution >= 0.6 is 7.60 Å². The van der Waals surface area contributed by atoms with Crippen molar-refractivity contribution in [2.75, 3.05) is 6.16 Å². The highest BCUT2D eigenvalue weighted by atomic mass is 31.2. The molecule has 0 spiro atoms. The van der Waals surface area contributed by atoms with Crippen LogP contribution in [0.4, 0.5) is 0 Å². The Balaban J connectivity index is 1.98. The predicted octanol–water partition coefficient (Wildman–Crippen LogP) is 5.19. The first-order chi connectivity index (χ1) is 10.7. The third-order valence-electron chi connectivity index (χ3n) is 3.11. The topological polar surface area (TPSA) is 35.5 Å². The molecule has 116 valence electrons. The van der Waals surface area contributed by atoms with E-state index in [-0.39, 0.29) is 19.4 Å². The molecule has 0 aliphatic rings. The first-order valence-electron chi connectivity index (χ1n) is 7.29. The van der Waals surface area contributed by atoms with Crippen LogP contribution in [0.2, 0.25) is 0 Å². The largest absolute Gasteiger partial charge is 0.335 e. The Morgan fingerprint density at radius 1 is 0.864 bits per heavy atom. The zero-order valence-electron chi connectivity index (χ0n) is 12.7. The second-order valence-corrected chi connectivity index (χ2v) is 6.98. The summed E-state index contributed by atoms with van der Waals surface area (Å²) in [5.74, 6) is 0. The molecule has 0 radical (unpaired) electrons. The lowest BCUT2D eigenvalue weighted by Gasteiger charge is -2.17. The van der Waals surface area contributed by atoms with Gasteiger partial charge >= 0.3 is 7.60 Å². The summed E-state index contributed by atoms with van der Waals surface area (Å²) in [7, 11) is -3.15. The molecule has 0 saturated heterocycles. The third-order valence-corrected chi connectivity index (χ3v) is 4.81. The third kappa shape index (κ3) is 5.61. The van der Waals surface area contributed by atoms with Gasteiger partial charge in [0.15, 0.2) is 0 Å². The minimum atomic E-state index is -3.15. The van der Waals surface area contributed by atoms with Gasteiger partial charge in [0.2, 0.25) is 0 Å². The molecule has 0 fully saturated rings. The van der Waals surface area contributed by atoms with Crippen LogP contribution in [-0.4, -0.2) is 6.16 Å². The van der Waals surface area contributed by atoms with Gasteiger partial charge in [-0.3, -0.25) is 4.57 Å². The number of hydrogen-bond acceptors (Lipinski definition) is 3. The van der Waals surface area contributed by atoms with E-state index in [1.165, 1.54) is 0 Å². The number of benzene rings is 2. The maximum atomic E-state index is 12.8. The van der Waals surface area contributed by atoms with E-state index in [1.54, 1.807) is 0 Å². The van der Waals surface area contributed by atoms with Gasteiger partial charge in [-0.15, -0.1) is 0 Å². The fraction of sp³-hybridized carbons (Fsp3) is 0.222. The molecule has 0 bridgehead atoms. The number of rotatable bonds is 8. The molecule has 4 heteroatoms. The minimum absolute atomic E-state index is 0.281. The normalized spacial score (nSPS) is 11.9. The van der Waals surface area contributed by atoms with Crippen LogP contribution in [0.3, 0.4) is 0 Å². The van der Waals surface area contributed by atoms with Crippen molar-refractivity contribution < 1.29 is 13.6 Å². The first kappa shape index (κ1) is 16.7. The lowest BCUT2D eigenvalue weighted by atomic mass is 10.2. The van der Waals surface area contributed by atoms with E-state index in [4.69, 9.17) is 9.05 Å². The summed E-state index contributed by atoms with van der Waals surface area (Å²) < 4.78 is 24.1. The van der Waals surface area contributed by atoms with Gasteiger partial charge in [0.25, 0.3) is 0 Å².